The minimum atomic E-state index is -3.35. The van der Waals surface area contributed by atoms with Crippen molar-refractivity contribution in [3.63, 3.8) is 0 Å². The highest BCUT2D eigenvalue weighted by Crippen LogP contribution is 2.52. The summed E-state index contributed by atoms with van der Waals surface area (Å²) in [6, 6.07) is 0. The second-order valence-corrected chi connectivity index (χ2v) is 6.38. The topological polar surface area (TPSA) is 41.9 Å². The van der Waals surface area contributed by atoms with Crippen LogP contribution in [0.2, 0.25) is 0 Å². The van der Waals surface area contributed by atoms with Crippen molar-refractivity contribution in [2.45, 2.75) is 5.16 Å². The van der Waals surface area contributed by atoms with Crippen LogP contribution in [0.1, 0.15) is 0 Å². The largest absolute Gasteiger partial charge is 0.353 e. The maximum absolute atomic E-state index is 13.0. The molecular formula is C8H12F2N4S2. The van der Waals surface area contributed by atoms with E-state index in [0.29, 0.717) is 24.1 Å². The second-order valence-electron chi connectivity index (χ2n) is 3.40. The predicted molar refractivity (Wildman–Crippen MR) is 63.4 cm³/mol. The second kappa shape index (κ2) is 4.70. The Labute approximate surface area is 98.7 Å². The number of aromatic nitrogens is 3. The van der Waals surface area contributed by atoms with Gasteiger partial charge in [0.2, 0.25) is 5.16 Å². The Morgan fingerprint density at radius 1 is 1.38 bits per heavy atom. The molecule has 0 aliphatic carbocycles. The van der Waals surface area contributed by atoms with Crippen molar-refractivity contribution in [3.8, 4) is 0 Å². The van der Waals surface area contributed by atoms with E-state index in [-0.39, 0.29) is 11.5 Å². The third-order valence-corrected chi connectivity index (χ3v) is 4.45. The van der Waals surface area contributed by atoms with E-state index in [2.05, 4.69) is 15.2 Å². The van der Waals surface area contributed by atoms with Gasteiger partial charge >= 0.3 is 0 Å². The molecule has 1 aliphatic rings. The van der Waals surface area contributed by atoms with Crippen LogP contribution in [0.5, 0.6) is 0 Å². The van der Waals surface area contributed by atoms with Crippen LogP contribution in [0.25, 0.3) is 0 Å². The summed E-state index contributed by atoms with van der Waals surface area (Å²) in [5.74, 6) is 0.575. The minimum Gasteiger partial charge on any atom is -0.353 e. The number of thioether (sulfide) groups is 1. The molecule has 0 saturated carbocycles. The standard InChI is InChI=1S/C8H12F2N4S2/c1-15-8-12-7(6-11-13-8)14-2-4-16(9,10)5-3-14/h6H,2-5H2,1H3. The lowest BCUT2D eigenvalue weighted by molar-refractivity contribution is 0.687. The average Bonchev–Trinajstić information content (AvgIpc) is 2.29. The van der Waals surface area contributed by atoms with Crippen LogP contribution in [0, 0.1) is 0 Å². The van der Waals surface area contributed by atoms with Gasteiger partial charge in [0.1, 0.15) is 0 Å². The lowest BCUT2D eigenvalue weighted by Crippen LogP contribution is -2.36. The Balaban J connectivity index is 2.08. The molecule has 0 aromatic carbocycles. The highest BCUT2D eigenvalue weighted by atomic mass is 32.3. The van der Waals surface area contributed by atoms with Gasteiger partial charge in [-0.2, -0.15) is 12.9 Å². The molecule has 1 aliphatic heterocycles. The quantitative estimate of drug-likeness (QED) is 0.766. The molecular weight excluding hydrogens is 254 g/mol. The van der Waals surface area contributed by atoms with Crippen molar-refractivity contribution in [1.82, 2.24) is 15.2 Å². The molecule has 1 aromatic rings. The summed E-state index contributed by atoms with van der Waals surface area (Å²) in [5.41, 5.74) is 0. The summed E-state index contributed by atoms with van der Waals surface area (Å²) in [5, 5.41) is 8.20. The molecule has 16 heavy (non-hydrogen) atoms. The summed E-state index contributed by atoms with van der Waals surface area (Å²) in [7, 11) is -3.35. The van der Waals surface area contributed by atoms with Gasteiger partial charge in [-0.05, 0) is 6.26 Å². The van der Waals surface area contributed by atoms with Gasteiger partial charge in [0.25, 0.3) is 0 Å². The summed E-state index contributed by atoms with van der Waals surface area (Å²) in [4.78, 5) is 6.09. The van der Waals surface area contributed by atoms with Gasteiger partial charge < -0.3 is 4.90 Å². The van der Waals surface area contributed by atoms with Crippen LogP contribution in [0.4, 0.5) is 13.6 Å². The van der Waals surface area contributed by atoms with Crippen LogP contribution in [0.15, 0.2) is 11.4 Å². The van der Waals surface area contributed by atoms with Crippen molar-refractivity contribution in [1.29, 1.82) is 0 Å². The van der Waals surface area contributed by atoms with E-state index >= 15 is 0 Å². The molecule has 0 amide bonds. The Bertz CT molecular complexity index is 367. The fraction of sp³-hybridized carbons (Fsp3) is 0.625. The molecule has 0 atom stereocenters. The van der Waals surface area contributed by atoms with Gasteiger partial charge in [0.05, 0.1) is 17.0 Å². The summed E-state index contributed by atoms with van der Waals surface area (Å²) in [6.07, 6.45) is 3.38. The molecule has 90 valence electrons. The van der Waals surface area contributed by atoms with Gasteiger partial charge in [0.15, 0.2) is 5.82 Å². The first-order chi connectivity index (χ1) is 7.61. The van der Waals surface area contributed by atoms with Crippen molar-refractivity contribution in [3.05, 3.63) is 6.20 Å². The fourth-order valence-electron chi connectivity index (χ4n) is 1.45. The van der Waals surface area contributed by atoms with Crippen LogP contribution in [-0.4, -0.2) is 46.0 Å². The SMILES string of the molecule is CSc1nncc(N2CCS(F)(F)CC2)n1. The molecule has 1 saturated heterocycles. The van der Waals surface area contributed by atoms with Crippen LogP contribution >= 0.6 is 22.6 Å². The number of rotatable bonds is 2. The highest BCUT2D eigenvalue weighted by molar-refractivity contribution is 8.25. The molecule has 1 fully saturated rings. The van der Waals surface area contributed by atoms with Gasteiger partial charge in [-0.25, -0.2) is 4.98 Å². The van der Waals surface area contributed by atoms with Crippen molar-refractivity contribution in [2.24, 2.45) is 0 Å². The first-order valence-corrected chi connectivity index (χ1v) is 7.77. The molecule has 0 unspecified atom stereocenters. The minimum absolute atomic E-state index is 0.0361. The van der Waals surface area contributed by atoms with Crippen LogP contribution < -0.4 is 4.90 Å². The van der Waals surface area contributed by atoms with Crippen molar-refractivity contribution < 1.29 is 7.77 Å². The van der Waals surface area contributed by atoms with Crippen molar-refractivity contribution >= 4 is 28.4 Å². The van der Waals surface area contributed by atoms with E-state index in [1.54, 1.807) is 0 Å². The van der Waals surface area contributed by atoms with Gasteiger partial charge in [0, 0.05) is 24.6 Å². The number of nitrogens with zero attached hydrogens (tertiary/aromatic N) is 4. The predicted octanol–water partition coefficient (Wildman–Crippen LogP) is 1.99. The molecule has 0 radical (unpaired) electrons. The maximum Gasteiger partial charge on any atom is 0.210 e. The third kappa shape index (κ3) is 2.73. The highest BCUT2D eigenvalue weighted by Gasteiger charge is 2.29. The third-order valence-electron chi connectivity index (χ3n) is 2.35. The van der Waals surface area contributed by atoms with E-state index in [4.69, 9.17) is 0 Å². The molecule has 4 nitrogen and oxygen atoms in total. The van der Waals surface area contributed by atoms with Crippen LogP contribution in [0.3, 0.4) is 0 Å². The van der Waals surface area contributed by atoms with E-state index in [0.717, 1.165) is 0 Å². The number of anilines is 1. The molecule has 8 heteroatoms. The van der Waals surface area contributed by atoms with E-state index in [1.165, 1.54) is 18.0 Å². The average molecular weight is 266 g/mol. The summed E-state index contributed by atoms with van der Waals surface area (Å²) >= 11 is 1.39. The van der Waals surface area contributed by atoms with Gasteiger partial charge in [-0.1, -0.05) is 11.8 Å². The lowest BCUT2D eigenvalue weighted by Gasteiger charge is -2.34. The normalized spacial score (nSPS) is 21.8. The molecule has 0 N–H and O–H groups in total. The lowest BCUT2D eigenvalue weighted by atomic mass is 10.5. The Hall–Kier alpha value is -0.630. The summed E-state index contributed by atoms with van der Waals surface area (Å²) in [6.45, 7) is 0.712. The fourth-order valence-corrected chi connectivity index (χ4v) is 2.94. The van der Waals surface area contributed by atoms with E-state index < -0.39 is 10.8 Å². The van der Waals surface area contributed by atoms with E-state index in [9.17, 15) is 7.77 Å². The Morgan fingerprint density at radius 2 is 2.06 bits per heavy atom. The zero-order valence-electron chi connectivity index (χ0n) is 8.77. The molecule has 1 aromatic heterocycles. The molecule has 2 heterocycles. The first kappa shape index (κ1) is 11.8. The molecule has 2 rings (SSSR count). The molecule has 0 bridgehead atoms. The molecule has 0 spiro atoms. The number of hydrogen-bond donors (Lipinski definition) is 0. The Kier molecular flexibility index (Phi) is 3.48. The number of hydrogen-bond acceptors (Lipinski definition) is 5. The monoisotopic (exact) mass is 266 g/mol. The van der Waals surface area contributed by atoms with E-state index in [1.807, 2.05) is 11.2 Å². The van der Waals surface area contributed by atoms with Gasteiger partial charge in [-0.3, -0.25) is 0 Å². The maximum atomic E-state index is 13.0. The van der Waals surface area contributed by atoms with Crippen molar-refractivity contribution in [2.75, 3.05) is 35.8 Å². The zero-order valence-corrected chi connectivity index (χ0v) is 10.4. The zero-order chi connectivity index (χ0) is 11.6. The summed E-state index contributed by atoms with van der Waals surface area (Å²) < 4.78 is 26.1. The first-order valence-electron chi connectivity index (χ1n) is 4.77. The Morgan fingerprint density at radius 3 is 2.69 bits per heavy atom. The smallest absolute Gasteiger partial charge is 0.210 e. The van der Waals surface area contributed by atoms with Gasteiger partial charge in [-0.15, -0.1) is 5.10 Å². The van der Waals surface area contributed by atoms with Crippen LogP contribution in [-0.2, 0) is 0 Å². The number of halogens is 2.